The monoisotopic (exact) mass is 481 g/mol. The van der Waals surface area contributed by atoms with E-state index in [0.717, 1.165) is 29.8 Å². The van der Waals surface area contributed by atoms with Crippen LogP contribution >= 0.6 is 0 Å². The molecule has 1 saturated heterocycles. The minimum absolute atomic E-state index is 0.0283. The molecule has 1 amide bonds. The van der Waals surface area contributed by atoms with Crippen molar-refractivity contribution in [2.75, 3.05) is 25.5 Å². The molecule has 5 rings (SSSR count). The van der Waals surface area contributed by atoms with Crippen LogP contribution in [0.3, 0.4) is 0 Å². The Kier molecular flexibility index (Phi) is 6.56. The van der Waals surface area contributed by atoms with Gasteiger partial charge in [-0.1, -0.05) is 18.2 Å². The van der Waals surface area contributed by atoms with E-state index in [2.05, 4.69) is 16.5 Å². The minimum Gasteiger partial charge on any atom is -0.457 e. The number of anilines is 2. The number of nitrogens with zero attached hydrogens (tertiary/aromatic N) is 4. The second-order valence-corrected chi connectivity index (χ2v) is 8.80. The van der Waals surface area contributed by atoms with Crippen LogP contribution in [0.5, 0.6) is 11.5 Å². The molecule has 1 fully saturated rings. The van der Waals surface area contributed by atoms with Crippen molar-refractivity contribution in [3.63, 3.8) is 0 Å². The lowest BCUT2D eigenvalue weighted by atomic mass is 10.1. The van der Waals surface area contributed by atoms with Crippen LogP contribution in [0.2, 0.25) is 0 Å². The zero-order valence-corrected chi connectivity index (χ0v) is 20.3. The molecule has 36 heavy (non-hydrogen) atoms. The predicted octanol–water partition coefficient (Wildman–Crippen LogP) is 5.30. The number of hydrogen-bond acceptors (Lipinski definition) is 6. The molecule has 4 aromatic rings. The number of nitriles is 1. The first-order valence-electron chi connectivity index (χ1n) is 11.9. The van der Waals surface area contributed by atoms with Crippen molar-refractivity contribution >= 4 is 22.8 Å². The molecule has 1 N–H and O–H groups in total. The number of rotatable bonds is 6. The molecule has 0 aliphatic carbocycles. The first-order valence-corrected chi connectivity index (χ1v) is 11.9. The zero-order chi connectivity index (χ0) is 25.1. The van der Waals surface area contributed by atoms with Gasteiger partial charge in [-0.15, -0.1) is 0 Å². The van der Waals surface area contributed by atoms with Crippen LogP contribution in [-0.2, 0) is 4.74 Å². The van der Waals surface area contributed by atoms with Gasteiger partial charge in [0, 0.05) is 32.1 Å². The third kappa shape index (κ3) is 4.61. The van der Waals surface area contributed by atoms with Crippen LogP contribution in [0.4, 0.5) is 11.4 Å². The van der Waals surface area contributed by atoms with Gasteiger partial charge in [0.2, 0.25) is 0 Å². The molecule has 1 aliphatic rings. The Bertz CT molecular complexity index is 1420. The van der Waals surface area contributed by atoms with Gasteiger partial charge in [-0.2, -0.15) is 10.4 Å². The van der Waals surface area contributed by atoms with Gasteiger partial charge in [-0.3, -0.25) is 4.79 Å². The average Bonchev–Trinajstić information content (AvgIpc) is 3.26. The van der Waals surface area contributed by atoms with Crippen LogP contribution in [0, 0.1) is 18.3 Å². The van der Waals surface area contributed by atoms with Crippen molar-refractivity contribution in [3.8, 4) is 17.6 Å². The Balaban J connectivity index is 1.42. The van der Waals surface area contributed by atoms with Gasteiger partial charge in [-0.25, -0.2) is 4.52 Å². The lowest BCUT2D eigenvalue weighted by molar-refractivity contribution is 0.0350. The fraction of sp³-hybridized carbons (Fsp3) is 0.250. The van der Waals surface area contributed by atoms with Gasteiger partial charge in [0.15, 0.2) is 0 Å². The van der Waals surface area contributed by atoms with Crippen molar-refractivity contribution in [1.82, 2.24) is 14.5 Å². The maximum atomic E-state index is 13.3. The summed E-state index contributed by atoms with van der Waals surface area (Å²) in [7, 11) is 1.71. The van der Waals surface area contributed by atoms with Crippen LogP contribution in [0.1, 0.15) is 34.3 Å². The number of carbonyl (C=O) groups is 1. The van der Waals surface area contributed by atoms with Crippen molar-refractivity contribution in [2.45, 2.75) is 25.9 Å². The quantitative estimate of drug-likeness (QED) is 0.402. The molecule has 3 heterocycles. The normalized spacial score (nSPS) is 14.0. The minimum atomic E-state index is -0.0283. The number of aryl methyl sites for hydroxylation is 1. The van der Waals surface area contributed by atoms with Crippen LogP contribution in [0.15, 0.2) is 67.0 Å². The SMILES string of the molecule is COC1CCN(C(=O)c2cn3ncc(C#N)c(Nc4ccc(Oc5ccccc5)cc4)c3c2C)CC1. The second-order valence-electron chi connectivity index (χ2n) is 8.80. The van der Waals surface area contributed by atoms with E-state index >= 15 is 0 Å². The van der Waals surface area contributed by atoms with E-state index in [-0.39, 0.29) is 12.0 Å². The Morgan fingerprint density at radius 3 is 2.44 bits per heavy atom. The second kappa shape index (κ2) is 10.1. The number of carbonyl (C=O) groups excluding carboxylic acids is 1. The van der Waals surface area contributed by atoms with Crippen molar-refractivity contribution in [2.24, 2.45) is 0 Å². The Hall–Kier alpha value is -4.35. The summed E-state index contributed by atoms with van der Waals surface area (Å²) in [4.78, 5) is 15.2. The maximum Gasteiger partial charge on any atom is 0.255 e. The molecule has 0 radical (unpaired) electrons. The number of piperidine rings is 1. The van der Waals surface area contributed by atoms with Crippen LogP contribution < -0.4 is 10.1 Å². The number of likely N-dealkylation sites (tertiary alicyclic amines) is 1. The Morgan fingerprint density at radius 1 is 1.08 bits per heavy atom. The smallest absolute Gasteiger partial charge is 0.255 e. The summed E-state index contributed by atoms with van der Waals surface area (Å²) in [6.45, 7) is 3.21. The lowest BCUT2D eigenvalue weighted by Crippen LogP contribution is -2.40. The van der Waals surface area contributed by atoms with E-state index in [0.29, 0.717) is 41.2 Å². The molecule has 0 atom stereocenters. The molecule has 0 unspecified atom stereocenters. The van der Waals surface area contributed by atoms with Crippen LogP contribution in [-0.4, -0.2) is 46.7 Å². The maximum absolute atomic E-state index is 13.3. The molecule has 2 aromatic carbocycles. The summed E-state index contributed by atoms with van der Waals surface area (Å²) in [6.07, 6.45) is 5.10. The van der Waals surface area contributed by atoms with Gasteiger partial charge in [0.25, 0.3) is 5.91 Å². The van der Waals surface area contributed by atoms with E-state index in [4.69, 9.17) is 9.47 Å². The highest BCUT2D eigenvalue weighted by molar-refractivity contribution is 6.00. The predicted molar refractivity (Wildman–Crippen MR) is 137 cm³/mol. The fourth-order valence-electron chi connectivity index (χ4n) is 4.56. The van der Waals surface area contributed by atoms with Gasteiger partial charge < -0.3 is 19.7 Å². The first kappa shape index (κ1) is 23.4. The van der Waals surface area contributed by atoms with Gasteiger partial charge in [-0.05, 0) is 61.7 Å². The molecule has 2 aromatic heterocycles. The van der Waals surface area contributed by atoms with Crippen molar-refractivity contribution < 1.29 is 14.3 Å². The molecular weight excluding hydrogens is 454 g/mol. The summed E-state index contributed by atoms with van der Waals surface area (Å²) >= 11 is 0. The van der Waals surface area contributed by atoms with Gasteiger partial charge in [0.1, 0.15) is 17.6 Å². The molecule has 0 bridgehead atoms. The third-order valence-electron chi connectivity index (χ3n) is 6.57. The molecule has 8 heteroatoms. The number of nitrogens with one attached hydrogen (secondary N) is 1. The molecular formula is C28H27N5O3. The zero-order valence-electron chi connectivity index (χ0n) is 20.3. The Morgan fingerprint density at radius 2 is 1.78 bits per heavy atom. The number of amides is 1. The van der Waals surface area contributed by atoms with E-state index in [9.17, 15) is 10.1 Å². The highest BCUT2D eigenvalue weighted by Gasteiger charge is 2.27. The topological polar surface area (TPSA) is 91.9 Å². The van der Waals surface area contributed by atoms with E-state index in [1.54, 1.807) is 17.8 Å². The fourth-order valence-corrected chi connectivity index (χ4v) is 4.56. The summed E-state index contributed by atoms with van der Waals surface area (Å²) in [5, 5.41) is 17.5. The lowest BCUT2D eigenvalue weighted by Gasteiger charge is -2.31. The number of benzene rings is 2. The van der Waals surface area contributed by atoms with Gasteiger partial charge in [0.05, 0.1) is 34.6 Å². The molecule has 0 saturated carbocycles. The summed E-state index contributed by atoms with van der Waals surface area (Å²) < 4.78 is 13.0. The van der Waals surface area contributed by atoms with E-state index in [1.807, 2.05) is 66.4 Å². The number of ether oxygens (including phenoxy) is 2. The Labute approximate surface area is 209 Å². The number of aromatic nitrogens is 2. The van der Waals surface area contributed by atoms with Crippen molar-refractivity contribution in [3.05, 3.63) is 83.7 Å². The summed E-state index contributed by atoms with van der Waals surface area (Å²) in [5.41, 5.74) is 3.86. The molecule has 8 nitrogen and oxygen atoms in total. The van der Waals surface area contributed by atoms with E-state index in [1.165, 1.54) is 6.20 Å². The highest BCUT2D eigenvalue weighted by Crippen LogP contribution is 2.32. The number of para-hydroxylation sites is 1. The summed E-state index contributed by atoms with van der Waals surface area (Å²) in [6, 6.07) is 19.3. The molecule has 1 aliphatic heterocycles. The van der Waals surface area contributed by atoms with Gasteiger partial charge >= 0.3 is 0 Å². The highest BCUT2D eigenvalue weighted by atomic mass is 16.5. The largest absolute Gasteiger partial charge is 0.457 e. The van der Waals surface area contributed by atoms with Crippen LogP contribution in [0.25, 0.3) is 5.52 Å². The van der Waals surface area contributed by atoms with Crippen molar-refractivity contribution in [1.29, 1.82) is 5.26 Å². The summed E-state index contributed by atoms with van der Waals surface area (Å²) in [5.74, 6) is 1.43. The van der Waals surface area contributed by atoms with E-state index < -0.39 is 0 Å². The standard InChI is InChI=1S/C28H27N5O3/c1-19-25(28(34)32-14-12-22(35-2)13-15-32)18-33-27(19)26(20(16-29)17-30-33)31-21-8-10-24(11-9-21)36-23-6-4-3-5-7-23/h3-11,17-18,22,31H,12-15H2,1-2H3. The number of fused-ring (bicyclic) bond motifs is 1. The number of methoxy groups -OCH3 is 1. The average molecular weight is 482 g/mol. The molecule has 182 valence electrons. The first-order chi connectivity index (χ1) is 17.6. The molecule has 0 spiro atoms. The third-order valence-corrected chi connectivity index (χ3v) is 6.57. The number of hydrogen-bond donors (Lipinski definition) is 1.